The number of alkyl halides is 3. The third kappa shape index (κ3) is 5.56. The van der Waals surface area contributed by atoms with Gasteiger partial charge in [-0.3, -0.25) is 9.89 Å². The van der Waals surface area contributed by atoms with E-state index in [1.165, 1.54) is 25.0 Å². The second kappa shape index (κ2) is 10.0. The van der Waals surface area contributed by atoms with Gasteiger partial charge in [-0.05, 0) is 38.6 Å². The Hall–Kier alpha value is -2.49. The zero-order chi connectivity index (χ0) is 21.6. The molecule has 2 saturated heterocycles. The molecule has 1 unspecified atom stereocenters. The molecule has 0 aliphatic carbocycles. The van der Waals surface area contributed by atoms with E-state index < -0.39 is 11.7 Å². The fraction of sp³-hybridized carbons (Fsp3) is 0.600. The second-order valence-corrected chi connectivity index (χ2v) is 7.53. The highest BCUT2D eigenvalue weighted by molar-refractivity contribution is 5.88. The van der Waals surface area contributed by atoms with Crippen LogP contribution in [0, 0.1) is 0 Å². The molecule has 2 aliphatic rings. The zero-order valence-electron chi connectivity index (χ0n) is 17.2. The summed E-state index contributed by atoms with van der Waals surface area (Å²) in [5, 5.41) is 0. The van der Waals surface area contributed by atoms with Gasteiger partial charge in [0.1, 0.15) is 12.2 Å². The van der Waals surface area contributed by atoms with Crippen molar-refractivity contribution < 1.29 is 13.2 Å². The summed E-state index contributed by atoms with van der Waals surface area (Å²) in [5.41, 5.74) is -0.708. The molecule has 0 radical (unpaired) electrons. The summed E-state index contributed by atoms with van der Waals surface area (Å²) in [6.07, 6.45) is 1.87. The fourth-order valence-corrected chi connectivity index (χ4v) is 3.83. The summed E-state index contributed by atoms with van der Waals surface area (Å²) >= 11 is 0. The lowest BCUT2D eigenvalue weighted by Crippen LogP contribution is -2.49. The van der Waals surface area contributed by atoms with Gasteiger partial charge in [-0.2, -0.15) is 13.2 Å². The Morgan fingerprint density at radius 1 is 1.23 bits per heavy atom. The number of piperazine rings is 1. The number of piperidine rings is 1. The fourth-order valence-electron chi connectivity index (χ4n) is 3.83. The minimum atomic E-state index is -4.43. The molecule has 10 heteroatoms. The van der Waals surface area contributed by atoms with Crippen molar-refractivity contribution >= 4 is 24.8 Å². The molecule has 7 nitrogen and oxygen atoms in total. The molecule has 164 valence electrons. The normalized spacial score (nSPS) is 22.0. The minimum Gasteiger partial charge on any atom is -0.353 e. The van der Waals surface area contributed by atoms with Crippen LogP contribution < -0.4 is 4.90 Å². The van der Waals surface area contributed by atoms with E-state index in [9.17, 15) is 13.2 Å². The number of hydrogen-bond acceptors (Lipinski definition) is 4. The summed E-state index contributed by atoms with van der Waals surface area (Å²) in [6, 6.07) is 2.86. The van der Waals surface area contributed by atoms with E-state index in [0.29, 0.717) is 44.8 Å². The average molecular weight is 423 g/mol. The number of halogens is 3. The Morgan fingerprint density at radius 3 is 2.67 bits per heavy atom. The molecular formula is C20H28F3N7. The number of hydrogen-bond donors (Lipinski definition) is 0. The van der Waals surface area contributed by atoms with Crippen molar-refractivity contribution in [3.8, 4) is 0 Å². The predicted molar refractivity (Wildman–Crippen MR) is 113 cm³/mol. The first kappa shape index (κ1) is 22.2. The number of guanidine groups is 1. The summed E-state index contributed by atoms with van der Waals surface area (Å²) in [4.78, 5) is 22.6. The van der Waals surface area contributed by atoms with Crippen molar-refractivity contribution in [1.29, 1.82) is 0 Å². The lowest BCUT2D eigenvalue weighted by atomic mass is 10.0. The maximum absolute atomic E-state index is 13.3. The molecule has 0 saturated carbocycles. The number of pyridine rings is 1. The number of aromatic nitrogens is 1. The second-order valence-electron chi connectivity index (χ2n) is 7.53. The highest BCUT2D eigenvalue weighted by Gasteiger charge is 2.36. The van der Waals surface area contributed by atoms with Crippen LogP contribution in [0.4, 0.5) is 19.0 Å². The van der Waals surface area contributed by atoms with E-state index in [1.54, 1.807) is 4.90 Å². The number of likely N-dealkylation sites (tertiary alicyclic amines) is 1. The van der Waals surface area contributed by atoms with Gasteiger partial charge < -0.3 is 9.80 Å². The highest BCUT2D eigenvalue weighted by atomic mass is 19.4. The minimum absolute atomic E-state index is 0.0264. The molecular weight excluding hydrogens is 395 g/mol. The molecule has 3 heterocycles. The smallest absolute Gasteiger partial charge is 0.353 e. The first-order chi connectivity index (χ1) is 14.4. The molecule has 1 atom stereocenters. The largest absolute Gasteiger partial charge is 0.419 e. The van der Waals surface area contributed by atoms with Crippen LogP contribution in [0.3, 0.4) is 0 Å². The molecule has 2 aliphatic heterocycles. The van der Waals surface area contributed by atoms with Crippen LogP contribution >= 0.6 is 0 Å². The third-order valence-electron chi connectivity index (χ3n) is 5.54. The number of nitrogens with zero attached hydrogens (tertiary/aromatic N) is 7. The van der Waals surface area contributed by atoms with Gasteiger partial charge in [0.2, 0.25) is 5.96 Å². The highest BCUT2D eigenvalue weighted by Crippen LogP contribution is 2.35. The summed E-state index contributed by atoms with van der Waals surface area (Å²) in [5.74, 6) is 0.512. The van der Waals surface area contributed by atoms with Gasteiger partial charge >= 0.3 is 6.18 Å². The Bertz CT molecular complexity index is 770. The summed E-state index contributed by atoms with van der Waals surface area (Å²) in [7, 11) is 0. The van der Waals surface area contributed by atoms with Gasteiger partial charge in [0, 0.05) is 45.0 Å². The molecule has 0 spiro atoms. The molecule has 1 aromatic heterocycles. The Labute approximate surface area is 175 Å². The number of anilines is 1. The Kier molecular flexibility index (Phi) is 7.41. The Balaban J connectivity index is 1.68. The zero-order valence-corrected chi connectivity index (χ0v) is 17.2. The molecule has 3 rings (SSSR count). The van der Waals surface area contributed by atoms with Crippen LogP contribution in [-0.4, -0.2) is 79.2 Å². The predicted octanol–water partition coefficient (Wildman–Crippen LogP) is 3.14. The van der Waals surface area contributed by atoms with Gasteiger partial charge in [0.25, 0.3) is 0 Å². The molecule has 0 aromatic carbocycles. The first-order valence-corrected chi connectivity index (χ1v) is 10.2. The van der Waals surface area contributed by atoms with Crippen molar-refractivity contribution in [3.63, 3.8) is 0 Å². The van der Waals surface area contributed by atoms with Gasteiger partial charge in [-0.15, -0.1) is 0 Å². The lowest BCUT2D eigenvalue weighted by molar-refractivity contribution is -0.137. The Morgan fingerprint density at radius 2 is 2.00 bits per heavy atom. The van der Waals surface area contributed by atoms with Crippen LogP contribution in [0.5, 0.6) is 0 Å². The third-order valence-corrected chi connectivity index (χ3v) is 5.54. The van der Waals surface area contributed by atoms with Crippen LogP contribution in [0.2, 0.25) is 0 Å². The molecule has 2 fully saturated rings. The van der Waals surface area contributed by atoms with Crippen LogP contribution in [0.1, 0.15) is 31.7 Å². The van der Waals surface area contributed by atoms with E-state index in [0.717, 1.165) is 25.5 Å². The first-order valence-electron chi connectivity index (χ1n) is 10.2. The van der Waals surface area contributed by atoms with E-state index in [2.05, 4.69) is 38.5 Å². The topological polar surface area (TPSA) is 59.7 Å². The van der Waals surface area contributed by atoms with Crippen molar-refractivity contribution in [2.75, 3.05) is 44.3 Å². The maximum Gasteiger partial charge on any atom is 0.419 e. The van der Waals surface area contributed by atoms with E-state index in [4.69, 9.17) is 0 Å². The molecule has 0 N–H and O–H groups in total. The maximum atomic E-state index is 13.3. The van der Waals surface area contributed by atoms with E-state index >= 15 is 0 Å². The summed E-state index contributed by atoms with van der Waals surface area (Å²) < 4.78 is 40.0. The monoisotopic (exact) mass is 423 g/mol. The van der Waals surface area contributed by atoms with Crippen molar-refractivity contribution in [2.24, 2.45) is 15.0 Å². The average Bonchev–Trinajstić information content (AvgIpc) is 2.74. The van der Waals surface area contributed by atoms with E-state index in [-0.39, 0.29) is 5.82 Å². The van der Waals surface area contributed by atoms with Crippen molar-refractivity contribution in [3.05, 3.63) is 23.9 Å². The van der Waals surface area contributed by atoms with Crippen molar-refractivity contribution in [2.45, 2.75) is 38.4 Å². The van der Waals surface area contributed by atoms with Gasteiger partial charge in [-0.1, -0.05) is 6.42 Å². The van der Waals surface area contributed by atoms with Gasteiger partial charge in [-0.25, -0.2) is 15.0 Å². The van der Waals surface area contributed by atoms with Crippen molar-refractivity contribution in [1.82, 2.24) is 14.8 Å². The standard InChI is InChI=1S/C20H28F3N7/c1-16-6-3-4-9-30(16)15-27-19(26-14-24-2)29-12-10-28(11-13-29)18-17(20(21,22)23)7-5-8-25-18/h5,7-8,14,16H,2-4,6,9-13,15H2,1H3/b26-14-,27-19+. The number of rotatable bonds is 4. The van der Waals surface area contributed by atoms with Gasteiger partial charge in [0.15, 0.2) is 0 Å². The molecule has 30 heavy (non-hydrogen) atoms. The quantitative estimate of drug-likeness (QED) is 0.552. The van der Waals surface area contributed by atoms with E-state index in [1.807, 2.05) is 4.90 Å². The van der Waals surface area contributed by atoms with Crippen LogP contribution in [0.25, 0.3) is 0 Å². The van der Waals surface area contributed by atoms with Crippen LogP contribution in [0.15, 0.2) is 33.3 Å². The number of aliphatic imine (C=N–C) groups is 3. The molecule has 1 aromatic rings. The summed E-state index contributed by atoms with van der Waals surface area (Å²) in [6.45, 7) is 8.97. The van der Waals surface area contributed by atoms with Gasteiger partial charge in [0.05, 0.1) is 12.2 Å². The van der Waals surface area contributed by atoms with Crippen LogP contribution in [-0.2, 0) is 6.18 Å². The molecule has 0 bridgehead atoms. The lowest BCUT2D eigenvalue weighted by Gasteiger charge is -2.37. The molecule has 0 amide bonds. The SMILES string of the molecule is C=N/C=N\C(=N/CN1CCCCC1C)N1CCN(c2ncccc2C(F)(F)F)CC1.